The molecule has 2 N–H and O–H groups in total. The molecule has 0 fully saturated rings. The largest absolute Gasteiger partial charge is 0.508 e. The Hall–Kier alpha value is -3.57. The van der Waals surface area contributed by atoms with Gasteiger partial charge in [0.2, 0.25) is 0 Å². The molecule has 1 aromatic carbocycles. The number of hydrogen-bond acceptors (Lipinski definition) is 6. The number of hydrogen-bond donors (Lipinski definition) is 2. The SMILES string of the molecule is CC(C)c1cnn2c(N[C@H]3Cc4ccc(O)cc4C3)cc(-c3cncc(C#N)c3)nc12.S. The summed E-state index contributed by atoms with van der Waals surface area (Å²) in [5.41, 5.74) is 6.31. The van der Waals surface area contributed by atoms with E-state index in [9.17, 15) is 10.4 Å². The van der Waals surface area contributed by atoms with Crippen LogP contribution in [0, 0.1) is 11.3 Å². The van der Waals surface area contributed by atoms with Crippen molar-refractivity contribution in [2.45, 2.75) is 38.6 Å². The summed E-state index contributed by atoms with van der Waals surface area (Å²) in [6.45, 7) is 4.24. The molecule has 0 unspecified atom stereocenters. The van der Waals surface area contributed by atoms with Crippen LogP contribution in [0.15, 0.2) is 48.9 Å². The molecule has 0 radical (unpaired) electrons. The maximum absolute atomic E-state index is 9.80. The Morgan fingerprint density at radius 1 is 1.12 bits per heavy atom. The van der Waals surface area contributed by atoms with Gasteiger partial charge in [0.15, 0.2) is 5.65 Å². The van der Waals surface area contributed by atoms with Crippen molar-refractivity contribution in [2.24, 2.45) is 0 Å². The van der Waals surface area contributed by atoms with Crippen LogP contribution >= 0.6 is 13.5 Å². The number of pyridine rings is 1. The number of nitrogens with one attached hydrogen (secondary N) is 1. The first kappa shape index (κ1) is 21.7. The van der Waals surface area contributed by atoms with Gasteiger partial charge in [0.05, 0.1) is 17.5 Å². The van der Waals surface area contributed by atoms with Crippen LogP contribution in [-0.2, 0) is 12.8 Å². The van der Waals surface area contributed by atoms with Crippen molar-refractivity contribution in [3.63, 3.8) is 0 Å². The van der Waals surface area contributed by atoms with Gasteiger partial charge in [-0.25, -0.2) is 4.98 Å². The Labute approximate surface area is 193 Å². The van der Waals surface area contributed by atoms with Gasteiger partial charge in [0, 0.05) is 35.6 Å². The maximum Gasteiger partial charge on any atom is 0.161 e. The molecule has 1 atom stereocenters. The number of benzene rings is 1. The molecule has 3 heterocycles. The lowest BCUT2D eigenvalue weighted by atomic mass is 10.1. The molecule has 0 saturated heterocycles. The van der Waals surface area contributed by atoms with Crippen LogP contribution in [0.5, 0.6) is 5.75 Å². The highest BCUT2D eigenvalue weighted by atomic mass is 32.1. The number of nitriles is 1. The van der Waals surface area contributed by atoms with E-state index >= 15 is 0 Å². The zero-order valence-electron chi connectivity index (χ0n) is 17.9. The zero-order chi connectivity index (χ0) is 21.5. The van der Waals surface area contributed by atoms with E-state index in [1.165, 1.54) is 5.56 Å². The molecule has 0 saturated carbocycles. The summed E-state index contributed by atoms with van der Waals surface area (Å²) < 4.78 is 1.85. The number of aromatic nitrogens is 4. The van der Waals surface area contributed by atoms with Gasteiger partial charge in [-0.3, -0.25) is 4.98 Å². The summed E-state index contributed by atoms with van der Waals surface area (Å²) in [7, 11) is 0. The van der Waals surface area contributed by atoms with Crippen LogP contribution in [0.1, 0.15) is 42.0 Å². The van der Waals surface area contributed by atoms with E-state index in [0.29, 0.717) is 11.3 Å². The Kier molecular flexibility index (Phi) is 5.76. The third-order valence-electron chi connectivity index (χ3n) is 5.76. The molecule has 0 amide bonds. The molecule has 1 aliphatic rings. The van der Waals surface area contributed by atoms with Crippen LogP contribution in [0.4, 0.5) is 5.82 Å². The number of nitrogens with zero attached hydrogens (tertiary/aromatic N) is 5. The summed E-state index contributed by atoms with van der Waals surface area (Å²) in [4.78, 5) is 9.06. The predicted molar refractivity (Wildman–Crippen MR) is 128 cm³/mol. The minimum Gasteiger partial charge on any atom is -0.508 e. The van der Waals surface area contributed by atoms with Crippen LogP contribution in [0.2, 0.25) is 0 Å². The summed E-state index contributed by atoms with van der Waals surface area (Å²) in [5, 5.41) is 27.3. The normalized spacial score (nSPS) is 14.8. The van der Waals surface area contributed by atoms with Gasteiger partial charge in [-0.2, -0.15) is 28.4 Å². The second-order valence-electron chi connectivity index (χ2n) is 8.29. The first-order valence-corrected chi connectivity index (χ1v) is 10.3. The van der Waals surface area contributed by atoms with Crippen molar-refractivity contribution < 1.29 is 5.11 Å². The molecule has 1 aliphatic carbocycles. The van der Waals surface area contributed by atoms with Crippen molar-refractivity contribution in [3.05, 3.63) is 71.2 Å². The summed E-state index contributed by atoms with van der Waals surface area (Å²) >= 11 is 0. The van der Waals surface area contributed by atoms with Gasteiger partial charge in [-0.05, 0) is 48.1 Å². The smallest absolute Gasteiger partial charge is 0.161 e. The number of phenolic OH excluding ortho intramolecular Hbond substituents is 1. The van der Waals surface area contributed by atoms with Gasteiger partial charge in [-0.1, -0.05) is 19.9 Å². The quantitative estimate of drug-likeness (QED) is 0.490. The summed E-state index contributed by atoms with van der Waals surface area (Å²) in [5.74, 6) is 1.41. The van der Waals surface area contributed by atoms with Gasteiger partial charge < -0.3 is 10.4 Å². The molecule has 0 spiro atoms. The molecule has 0 bridgehead atoms. The van der Waals surface area contributed by atoms with E-state index < -0.39 is 0 Å². The fourth-order valence-electron chi connectivity index (χ4n) is 4.19. The number of anilines is 1. The third-order valence-corrected chi connectivity index (χ3v) is 5.76. The topological polar surface area (TPSA) is 99.1 Å². The van der Waals surface area contributed by atoms with Crippen molar-refractivity contribution in [1.29, 1.82) is 5.26 Å². The molecule has 7 nitrogen and oxygen atoms in total. The minimum absolute atomic E-state index is 0. The molecular weight excluding hydrogens is 420 g/mol. The maximum atomic E-state index is 9.80. The van der Waals surface area contributed by atoms with Gasteiger partial charge in [0.1, 0.15) is 17.6 Å². The molecule has 4 aromatic rings. The van der Waals surface area contributed by atoms with E-state index in [1.807, 2.05) is 28.9 Å². The van der Waals surface area contributed by atoms with Gasteiger partial charge in [0.25, 0.3) is 0 Å². The lowest BCUT2D eigenvalue weighted by Crippen LogP contribution is -2.21. The highest BCUT2D eigenvalue weighted by molar-refractivity contribution is 7.59. The van der Waals surface area contributed by atoms with Crippen molar-refractivity contribution in [2.75, 3.05) is 5.32 Å². The number of rotatable bonds is 4. The second-order valence-corrected chi connectivity index (χ2v) is 8.29. The third kappa shape index (κ3) is 3.87. The van der Waals surface area contributed by atoms with Crippen LogP contribution in [-0.4, -0.2) is 30.7 Å². The fourth-order valence-corrected chi connectivity index (χ4v) is 4.19. The Morgan fingerprint density at radius 2 is 1.94 bits per heavy atom. The molecule has 162 valence electrons. The zero-order valence-corrected chi connectivity index (χ0v) is 18.9. The number of aromatic hydroxyl groups is 1. The van der Waals surface area contributed by atoms with E-state index in [0.717, 1.165) is 46.7 Å². The molecule has 8 heteroatoms. The average Bonchev–Trinajstić information content (AvgIpc) is 3.37. The van der Waals surface area contributed by atoms with E-state index in [2.05, 4.69) is 35.3 Å². The lowest BCUT2D eigenvalue weighted by molar-refractivity contribution is 0.474. The molecule has 0 aliphatic heterocycles. The monoisotopic (exact) mass is 444 g/mol. The lowest BCUT2D eigenvalue weighted by Gasteiger charge is -2.16. The highest BCUT2D eigenvalue weighted by Gasteiger charge is 2.23. The molecule has 5 rings (SSSR count). The van der Waals surface area contributed by atoms with Crippen LogP contribution in [0.3, 0.4) is 0 Å². The van der Waals surface area contributed by atoms with E-state index in [4.69, 9.17) is 4.98 Å². The van der Waals surface area contributed by atoms with E-state index in [1.54, 1.807) is 24.5 Å². The van der Waals surface area contributed by atoms with E-state index in [-0.39, 0.29) is 25.5 Å². The molecular formula is C24H24N6OS. The standard InChI is InChI=1S/C24H22N6O.H2S/c1-14(2)21-13-27-30-23(28-19-6-16-3-4-20(31)8-17(16)7-19)9-22(29-24(21)30)18-5-15(10-25)11-26-12-18;/h3-5,8-9,11-14,19,28,31H,6-7H2,1-2H3;1H2/t19-;/m0./s1. The van der Waals surface area contributed by atoms with Crippen LogP contribution < -0.4 is 5.32 Å². The van der Waals surface area contributed by atoms with Gasteiger partial charge >= 0.3 is 0 Å². The first-order valence-electron chi connectivity index (χ1n) is 10.3. The average molecular weight is 445 g/mol. The molecule has 3 aromatic heterocycles. The Morgan fingerprint density at radius 3 is 2.72 bits per heavy atom. The number of phenols is 1. The van der Waals surface area contributed by atoms with Gasteiger partial charge in [-0.15, -0.1) is 0 Å². The molecule has 32 heavy (non-hydrogen) atoms. The Balaban J connectivity index is 0.00000245. The summed E-state index contributed by atoms with van der Waals surface area (Å²) in [6.07, 6.45) is 6.84. The second kappa shape index (κ2) is 8.52. The highest BCUT2D eigenvalue weighted by Crippen LogP contribution is 2.30. The fraction of sp³-hybridized carbons (Fsp3) is 0.250. The van der Waals surface area contributed by atoms with Crippen molar-refractivity contribution in [1.82, 2.24) is 19.6 Å². The minimum atomic E-state index is 0. The summed E-state index contributed by atoms with van der Waals surface area (Å²) in [6, 6.07) is 11.7. The first-order chi connectivity index (χ1) is 15.0. The van der Waals surface area contributed by atoms with Crippen molar-refractivity contribution >= 4 is 25.0 Å². The van der Waals surface area contributed by atoms with Crippen LogP contribution in [0.25, 0.3) is 16.9 Å². The Bertz CT molecular complexity index is 1340. The predicted octanol–water partition coefficient (Wildman–Crippen LogP) is 4.18. The number of fused-ring (bicyclic) bond motifs is 2. The van der Waals surface area contributed by atoms with Crippen molar-refractivity contribution in [3.8, 4) is 23.1 Å².